The van der Waals surface area contributed by atoms with Crippen LogP contribution in [0.1, 0.15) is 11.7 Å². The molecule has 0 bridgehead atoms. The monoisotopic (exact) mass is 325 g/mol. The van der Waals surface area contributed by atoms with E-state index in [0.717, 1.165) is 0 Å². The van der Waals surface area contributed by atoms with Crippen molar-refractivity contribution in [1.29, 1.82) is 0 Å². The fraction of sp³-hybridized carbons (Fsp3) is 0.417. The van der Waals surface area contributed by atoms with E-state index >= 15 is 0 Å². The molecule has 0 aromatic heterocycles. The van der Waals surface area contributed by atoms with Gasteiger partial charge in [-0.3, -0.25) is 4.99 Å². The predicted octanol–water partition coefficient (Wildman–Crippen LogP) is 2.46. The molecular weight excluding hydrogens is 311 g/mol. The van der Waals surface area contributed by atoms with Crippen LogP contribution in [0.2, 0.25) is 10.0 Å². The van der Waals surface area contributed by atoms with E-state index in [2.05, 4.69) is 15.6 Å². The van der Waals surface area contributed by atoms with Crippen LogP contribution < -0.4 is 10.6 Å². The molecular formula is C12H15Cl2F2N3O. The largest absolute Gasteiger partial charge is 0.387 e. The minimum atomic E-state index is -2.48. The van der Waals surface area contributed by atoms with Gasteiger partial charge in [-0.2, -0.15) is 0 Å². The molecule has 1 aromatic carbocycles. The van der Waals surface area contributed by atoms with Gasteiger partial charge < -0.3 is 15.7 Å². The SMILES string of the molecule is CN=C(NCC(F)F)NCC(O)c1cc(Cl)cc(Cl)c1. The highest BCUT2D eigenvalue weighted by atomic mass is 35.5. The molecule has 0 spiro atoms. The number of guanidine groups is 1. The molecule has 0 aliphatic heterocycles. The number of aliphatic hydroxyl groups excluding tert-OH is 1. The Balaban J connectivity index is 2.55. The number of alkyl halides is 2. The molecule has 1 rings (SSSR count). The third kappa shape index (κ3) is 5.90. The number of nitrogens with zero attached hydrogens (tertiary/aromatic N) is 1. The number of aliphatic hydroxyl groups is 1. The number of aliphatic imine (C=N–C) groups is 1. The molecule has 0 aliphatic carbocycles. The molecule has 112 valence electrons. The zero-order valence-electron chi connectivity index (χ0n) is 10.7. The molecule has 8 heteroatoms. The smallest absolute Gasteiger partial charge is 0.255 e. The van der Waals surface area contributed by atoms with Crippen molar-refractivity contribution < 1.29 is 13.9 Å². The van der Waals surface area contributed by atoms with Gasteiger partial charge in [0.2, 0.25) is 0 Å². The first kappa shape index (κ1) is 16.9. The molecule has 1 aromatic rings. The van der Waals surface area contributed by atoms with Crippen LogP contribution in [0.25, 0.3) is 0 Å². The van der Waals surface area contributed by atoms with E-state index in [9.17, 15) is 13.9 Å². The van der Waals surface area contributed by atoms with Gasteiger partial charge in [0.15, 0.2) is 5.96 Å². The van der Waals surface area contributed by atoms with Crippen molar-refractivity contribution in [1.82, 2.24) is 10.6 Å². The van der Waals surface area contributed by atoms with E-state index in [1.54, 1.807) is 18.2 Å². The van der Waals surface area contributed by atoms with Gasteiger partial charge in [-0.15, -0.1) is 0 Å². The van der Waals surface area contributed by atoms with Crippen molar-refractivity contribution in [2.24, 2.45) is 4.99 Å². The molecule has 0 saturated carbocycles. The number of hydrogen-bond acceptors (Lipinski definition) is 2. The zero-order valence-corrected chi connectivity index (χ0v) is 12.2. The normalized spacial score (nSPS) is 13.4. The highest BCUT2D eigenvalue weighted by Gasteiger charge is 2.11. The molecule has 20 heavy (non-hydrogen) atoms. The van der Waals surface area contributed by atoms with E-state index in [4.69, 9.17) is 23.2 Å². The van der Waals surface area contributed by atoms with Crippen LogP contribution in [0.5, 0.6) is 0 Å². The number of halogens is 4. The van der Waals surface area contributed by atoms with Crippen molar-refractivity contribution in [2.45, 2.75) is 12.5 Å². The summed E-state index contributed by atoms with van der Waals surface area (Å²) in [5.41, 5.74) is 0.527. The fourth-order valence-electron chi connectivity index (χ4n) is 1.47. The third-order valence-corrected chi connectivity index (χ3v) is 2.82. The summed E-state index contributed by atoms with van der Waals surface area (Å²) in [5.74, 6) is 0.178. The first-order valence-corrected chi connectivity index (χ1v) is 6.54. The highest BCUT2D eigenvalue weighted by molar-refractivity contribution is 6.34. The quantitative estimate of drug-likeness (QED) is 0.575. The highest BCUT2D eigenvalue weighted by Crippen LogP contribution is 2.23. The van der Waals surface area contributed by atoms with Crippen molar-refractivity contribution in [3.8, 4) is 0 Å². The van der Waals surface area contributed by atoms with Crippen molar-refractivity contribution in [3.63, 3.8) is 0 Å². The van der Waals surface area contributed by atoms with Crippen LogP contribution in [0.4, 0.5) is 8.78 Å². The van der Waals surface area contributed by atoms with Crippen molar-refractivity contribution in [3.05, 3.63) is 33.8 Å². The molecule has 4 nitrogen and oxygen atoms in total. The van der Waals surface area contributed by atoms with Crippen LogP contribution in [0, 0.1) is 0 Å². The molecule has 0 heterocycles. The Morgan fingerprint density at radius 3 is 2.25 bits per heavy atom. The minimum Gasteiger partial charge on any atom is -0.387 e. The molecule has 0 radical (unpaired) electrons. The average molecular weight is 326 g/mol. The second kappa shape index (κ2) is 8.24. The van der Waals surface area contributed by atoms with Gasteiger partial charge in [0.05, 0.1) is 12.6 Å². The lowest BCUT2D eigenvalue weighted by molar-refractivity contribution is 0.151. The van der Waals surface area contributed by atoms with Gasteiger partial charge in [-0.25, -0.2) is 8.78 Å². The number of rotatable bonds is 5. The van der Waals surface area contributed by atoms with Gasteiger partial charge in [0.1, 0.15) is 0 Å². The van der Waals surface area contributed by atoms with E-state index in [0.29, 0.717) is 15.6 Å². The third-order valence-electron chi connectivity index (χ3n) is 2.38. The van der Waals surface area contributed by atoms with Crippen molar-refractivity contribution in [2.75, 3.05) is 20.1 Å². The topological polar surface area (TPSA) is 56.7 Å². The van der Waals surface area contributed by atoms with Crippen LogP contribution in [-0.4, -0.2) is 37.6 Å². The molecule has 0 amide bonds. The Labute approximate surface area is 125 Å². The fourth-order valence-corrected chi connectivity index (χ4v) is 2.02. The maximum absolute atomic E-state index is 12.1. The predicted molar refractivity (Wildman–Crippen MR) is 76.8 cm³/mol. The van der Waals surface area contributed by atoms with Gasteiger partial charge in [0, 0.05) is 23.6 Å². The second-order valence-corrected chi connectivity index (χ2v) is 4.82. The lowest BCUT2D eigenvalue weighted by Crippen LogP contribution is -2.41. The molecule has 0 fully saturated rings. The Morgan fingerprint density at radius 1 is 1.20 bits per heavy atom. The zero-order chi connectivity index (χ0) is 15.1. The summed E-state index contributed by atoms with van der Waals surface area (Å²) >= 11 is 11.7. The Bertz CT molecular complexity index is 452. The van der Waals surface area contributed by atoms with E-state index < -0.39 is 19.1 Å². The molecule has 1 unspecified atom stereocenters. The number of nitrogens with one attached hydrogen (secondary N) is 2. The Kier molecular flexibility index (Phi) is 6.98. The maximum Gasteiger partial charge on any atom is 0.255 e. The molecule has 0 saturated heterocycles. The summed E-state index contributed by atoms with van der Waals surface area (Å²) in [6, 6.07) is 4.71. The Morgan fingerprint density at radius 2 is 1.75 bits per heavy atom. The van der Waals surface area contributed by atoms with E-state index in [1.807, 2.05) is 0 Å². The maximum atomic E-state index is 12.1. The van der Waals surface area contributed by atoms with Crippen LogP contribution in [0.15, 0.2) is 23.2 Å². The second-order valence-electron chi connectivity index (χ2n) is 3.94. The minimum absolute atomic E-state index is 0.0829. The standard InChI is InChI=1S/C12H15Cl2F2N3O/c1-17-12(19-6-11(15)16)18-5-10(20)7-2-8(13)4-9(14)3-7/h2-4,10-11,20H,5-6H2,1H3,(H2,17,18,19). The summed E-state index contributed by atoms with van der Waals surface area (Å²) in [6.45, 7) is -0.432. The number of hydrogen-bond donors (Lipinski definition) is 3. The summed E-state index contributed by atoms with van der Waals surface area (Å²) < 4.78 is 24.1. The van der Waals surface area contributed by atoms with Crippen molar-refractivity contribution >= 4 is 29.2 Å². The summed E-state index contributed by atoms with van der Waals surface area (Å²) in [6.07, 6.45) is -3.37. The molecule has 3 N–H and O–H groups in total. The van der Waals surface area contributed by atoms with Gasteiger partial charge >= 0.3 is 0 Å². The Hall–Kier alpha value is -1.11. The van der Waals surface area contributed by atoms with Crippen LogP contribution in [-0.2, 0) is 0 Å². The van der Waals surface area contributed by atoms with Gasteiger partial charge in [-0.05, 0) is 23.8 Å². The summed E-state index contributed by atoms with van der Waals surface area (Å²) in [5, 5.41) is 16.0. The van der Waals surface area contributed by atoms with E-state index in [1.165, 1.54) is 7.05 Å². The first-order chi connectivity index (χ1) is 9.42. The molecule has 0 aliphatic rings. The van der Waals surface area contributed by atoms with Crippen LogP contribution >= 0.6 is 23.2 Å². The molecule has 1 atom stereocenters. The number of benzene rings is 1. The van der Waals surface area contributed by atoms with Gasteiger partial charge in [-0.1, -0.05) is 23.2 Å². The van der Waals surface area contributed by atoms with E-state index in [-0.39, 0.29) is 12.5 Å². The lowest BCUT2D eigenvalue weighted by Gasteiger charge is -2.16. The first-order valence-electron chi connectivity index (χ1n) is 5.79. The van der Waals surface area contributed by atoms with Crippen LogP contribution in [0.3, 0.4) is 0 Å². The lowest BCUT2D eigenvalue weighted by atomic mass is 10.1. The average Bonchev–Trinajstić information content (AvgIpc) is 2.37. The summed E-state index contributed by atoms with van der Waals surface area (Å²) in [4.78, 5) is 3.76. The van der Waals surface area contributed by atoms with Gasteiger partial charge in [0.25, 0.3) is 6.43 Å². The summed E-state index contributed by atoms with van der Waals surface area (Å²) in [7, 11) is 1.45.